The third-order valence-corrected chi connectivity index (χ3v) is 2.84. The smallest absolute Gasteiger partial charge is 0.183 e. The van der Waals surface area contributed by atoms with Crippen molar-refractivity contribution in [3.8, 4) is 0 Å². The fraction of sp³-hybridized carbons (Fsp3) is 0.750. The van der Waals surface area contributed by atoms with Gasteiger partial charge >= 0.3 is 0 Å². The van der Waals surface area contributed by atoms with Crippen LogP contribution < -0.4 is 5.73 Å². The zero-order valence-electron chi connectivity index (χ0n) is 8.08. The first kappa shape index (κ1) is 10.5. The molecule has 0 amide bonds. The van der Waals surface area contributed by atoms with Crippen LogP contribution in [0.4, 0.5) is 0 Å². The second-order valence-corrected chi connectivity index (χ2v) is 4.84. The molecular weight excluding hydrogens is 184 g/mol. The van der Waals surface area contributed by atoms with Crippen molar-refractivity contribution in [1.82, 2.24) is 15.2 Å². The molecule has 3 N–H and O–H groups in total. The second-order valence-electron chi connectivity index (χ2n) is 3.76. The minimum Gasteiger partial charge on any atom is -0.330 e. The highest BCUT2D eigenvalue weighted by Crippen LogP contribution is 2.23. The van der Waals surface area contributed by atoms with E-state index in [-0.39, 0.29) is 5.41 Å². The van der Waals surface area contributed by atoms with E-state index < -0.39 is 0 Å². The van der Waals surface area contributed by atoms with Crippen molar-refractivity contribution in [2.75, 3.05) is 12.3 Å². The molecule has 5 heteroatoms. The summed E-state index contributed by atoms with van der Waals surface area (Å²) in [5, 5.41) is 7.47. The standard InChI is InChI=1S/C8H16N4S/c1-8(2,5-9)3-4-13-7-10-6-11-12-7/h6H,3-5,9H2,1-2H3,(H,10,11,12). The van der Waals surface area contributed by atoms with Crippen LogP contribution in [0, 0.1) is 5.41 Å². The average Bonchev–Trinajstić information content (AvgIpc) is 2.57. The lowest BCUT2D eigenvalue weighted by atomic mass is 9.91. The predicted molar refractivity (Wildman–Crippen MR) is 54.6 cm³/mol. The molecule has 13 heavy (non-hydrogen) atoms. The molecule has 74 valence electrons. The number of hydrogen-bond donors (Lipinski definition) is 2. The monoisotopic (exact) mass is 200 g/mol. The molecule has 0 aromatic carbocycles. The van der Waals surface area contributed by atoms with Crippen LogP contribution in [0.5, 0.6) is 0 Å². The summed E-state index contributed by atoms with van der Waals surface area (Å²) in [4.78, 5) is 4.03. The number of H-pyrrole nitrogens is 1. The van der Waals surface area contributed by atoms with E-state index in [1.54, 1.807) is 11.8 Å². The third kappa shape index (κ3) is 3.78. The highest BCUT2D eigenvalue weighted by atomic mass is 32.2. The molecule has 0 atom stereocenters. The van der Waals surface area contributed by atoms with Crippen LogP contribution >= 0.6 is 11.8 Å². The van der Waals surface area contributed by atoms with Crippen LogP contribution in [-0.4, -0.2) is 27.5 Å². The van der Waals surface area contributed by atoms with Crippen molar-refractivity contribution in [3.05, 3.63) is 6.33 Å². The molecule has 0 aliphatic carbocycles. The quantitative estimate of drug-likeness (QED) is 0.702. The number of aromatic amines is 1. The van der Waals surface area contributed by atoms with E-state index in [0.29, 0.717) is 0 Å². The fourth-order valence-electron chi connectivity index (χ4n) is 0.790. The van der Waals surface area contributed by atoms with Crippen LogP contribution in [0.2, 0.25) is 0 Å². The lowest BCUT2D eigenvalue weighted by molar-refractivity contribution is 0.368. The minimum absolute atomic E-state index is 0.229. The maximum absolute atomic E-state index is 5.62. The minimum atomic E-state index is 0.229. The van der Waals surface area contributed by atoms with Crippen molar-refractivity contribution < 1.29 is 0 Å². The van der Waals surface area contributed by atoms with Crippen molar-refractivity contribution in [2.45, 2.75) is 25.4 Å². The zero-order valence-corrected chi connectivity index (χ0v) is 8.90. The summed E-state index contributed by atoms with van der Waals surface area (Å²) < 4.78 is 0. The Labute approximate surface area is 82.7 Å². The van der Waals surface area contributed by atoms with Gasteiger partial charge in [-0.3, -0.25) is 5.10 Å². The topological polar surface area (TPSA) is 67.6 Å². The molecule has 0 fully saturated rings. The Bertz CT molecular complexity index is 232. The van der Waals surface area contributed by atoms with Crippen molar-refractivity contribution in [2.24, 2.45) is 11.1 Å². The first-order valence-electron chi connectivity index (χ1n) is 4.32. The van der Waals surface area contributed by atoms with Crippen LogP contribution in [0.3, 0.4) is 0 Å². The summed E-state index contributed by atoms with van der Waals surface area (Å²) >= 11 is 1.68. The zero-order chi connectivity index (χ0) is 9.73. The molecule has 1 rings (SSSR count). The van der Waals surface area contributed by atoms with Gasteiger partial charge in [0.15, 0.2) is 5.16 Å². The maximum Gasteiger partial charge on any atom is 0.183 e. The summed E-state index contributed by atoms with van der Waals surface area (Å²) in [7, 11) is 0. The van der Waals surface area contributed by atoms with E-state index in [9.17, 15) is 0 Å². The van der Waals surface area contributed by atoms with E-state index in [1.165, 1.54) is 6.33 Å². The van der Waals surface area contributed by atoms with E-state index in [0.717, 1.165) is 23.9 Å². The van der Waals surface area contributed by atoms with E-state index in [1.807, 2.05) is 0 Å². The SMILES string of the molecule is CC(C)(CN)CCSc1ncn[nH]1. The number of rotatable bonds is 5. The van der Waals surface area contributed by atoms with Gasteiger partial charge in [0.2, 0.25) is 0 Å². The Morgan fingerprint density at radius 1 is 1.62 bits per heavy atom. The van der Waals surface area contributed by atoms with Gasteiger partial charge in [-0.1, -0.05) is 25.6 Å². The molecule has 0 unspecified atom stereocenters. The lowest BCUT2D eigenvalue weighted by Crippen LogP contribution is -2.24. The molecule has 0 bridgehead atoms. The normalized spacial score (nSPS) is 11.9. The first-order valence-corrected chi connectivity index (χ1v) is 5.31. The van der Waals surface area contributed by atoms with Crippen molar-refractivity contribution in [1.29, 1.82) is 0 Å². The van der Waals surface area contributed by atoms with Gasteiger partial charge in [0.05, 0.1) is 0 Å². The number of nitrogens with two attached hydrogens (primary N) is 1. The molecule has 0 aliphatic heterocycles. The van der Waals surface area contributed by atoms with Gasteiger partial charge in [-0.2, -0.15) is 5.10 Å². The van der Waals surface area contributed by atoms with E-state index in [2.05, 4.69) is 29.0 Å². The molecule has 0 saturated carbocycles. The molecule has 0 saturated heterocycles. The van der Waals surface area contributed by atoms with Crippen molar-refractivity contribution >= 4 is 11.8 Å². The third-order valence-electron chi connectivity index (χ3n) is 1.96. The van der Waals surface area contributed by atoms with Crippen LogP contribution in [0.1, 0.15) is 20.3 Å². The molecule has 1 aromatic heterocycles. The van der Waals surface area contributed by atoms with Gasteiger partial charge < -0.3 is 5.73 Å². The fourth-order valence-corrected chi connectivity index (χ4v) is 1.88. The van der Waals surface area contributed by atoms with Crippen LogP contribution in [-0.2, 0) is 0 Å². The largest absolute Gasteiger partial charge is 0.330 e. The summed E-state index contributed by atoms with van der Waals surface area (Å²) in [5.74, 6) is 1.03. The highest BCUT2D eigenvalue weighted by molar-refractivity contribution is 7.99. The highest BCUT2D eigenvalue weighted by Gasteiger charge is 2.14. The first-order chi connectivity index (χ1) is 6.14. The van der Waals surface area contributed by atoms with Gasteiger partial charge in [-0.05, 0) is 18.4 Å². The summed E-state index contributed by atoms with van der Waals surface area (Å²) in [6.07, 6.45) is 2.62. The number of nitrogens with zero attached hydrogens (tertiary/aromatic N) is 2. The van der Waals surface area contributed by atoms with Gasteiger partial charge in [0.1, 0.15) is 6.33 Å². The van der Waals surface area contributed by atoms with Gasteiger partial charge in [0.25, 0.3) is 0 Å². The Morgan fingerprint density at radius 2 is 2.38 bits per heavy atom. The van der Waals surface area contributed by atoms with Gasteiger partial charge in [-0.15, -0.1) is 0 Å². The molecular formula is C8H16N4S. The van der Waals surface area contributed by atoms with E-state index >= 15 is 0 Å². The van der Waals surface area contributed by atoms with Crippen LogP contribution in [0.15, 0.2) is 11.5 Å². The van der Waals surface area contributed by atoms with Gasteiger partial charge in [0, 0.05) is 5.75 Å². The molecule has 1 aromatic rings. The Balaban J connectivity index is 2.21. The van der Waals surface area contributed by atoms with Gasteiger partial charge in [-0.25, -0.2) is 4.98 Å². The molecule has 0 radical (unpaired) electrons. The number of nitrogens with one attached hydrogen (secondary N) is 1. The Morgan fingerprint density at radius 3 is 2.92 bits per heavy atom. The number of hydrogen-bond acceptors (Lipinski definition) is 4. The number of aromatic nitrogens is 3. The van der Waals surface area contributed by atoms with E-state index in [4.69, 9.17) is 5.73 Å². The van der Waals surface area contributed by atoms with Crippen LogP contribution in [0.25, 0.3) is 0 Å². The summed E-state index contributed by atoms with van der Waals surface area (Å²) in [6.45, 7) is 5.08. The molecule has 4 nitrogen and oxygen atoms in total. The van der Waals surface area contributed by atoms with Crippen molar-refractivity contribution in [3.63, 3.8) is 0 Å². The summed E-state index contributed by atoms with van der Waals surface area (Å²) in [6, 6.07) is 0. The number of thioether (sulfide) groups is 1. The predicted octanol–water partition coefficient (Wildman–Crippen LogP) is 1.27. The Kier molecular flexibility index (Phi) is 3.74. The second kappa shape index (κ2) is 4.62. The maximum atomic E-state index is 5.62. The Hall–Kier alpha value is -0.550. The molecule has 1 heterocycles. The lowest BCUT2D eigenvalue weighted by Gasteiger charge is -2.21. The average molecular weight is 200 g/mol. The summed E-state index contributed by atoms with van der Waals surface area (Å²) in [5.41, 5.74) is 5.85. The molecule has 0 spiro atoms. The molecule has 0 aliphatic rings.